The van der Waals surface area contributed by atoms with E-state index in [2.05, 4.69) is 0 Å². The van der Waals surface area contributed by atoms with E-state index in [1.807, 2.05) is 20.8 Å². The van der Waals surface area contributed by atoms with E-state index in [1.54, 1.807) is 17.0 Å². The molecular weight excluding hydrogens is 258 g/mol. The minimum Gasteiger partial charge on any atom is -0.461 e. The molecule has 1 saturated heterocycles. The molecule has 5 nitrogen and oxygen atoms in total. The highest BCUT2D eigenvalue weighted by molar-refractivity contribution is 5.94. The van der Waals surface area contributed by atoms with Crippen molar-refractivity contribution in [2.75, 3.05) is 6.54 Å². The number of ether oxygens (including phenoxy) is 1. The van der Waals surface area contributed by atoms with Crippen LogP contribution in [0.25, 0.3) is 0 Å². The number of Topliss-reactive ketones (excluding diaryl/α,β-unsaturated/α-hetero) is 1. The van der Waals surface area contributed by atoms with Crippen LogP contribution in [-0.2, 0) is 4.74 Å². The minimum absolute atomic E-state index is 0.0736. The average Bonchev–Trinajstić information content (AvgIpc) is 2.96. The second kappa shape index (κ2) is 5.69. The number of furan rings is 1. The number of carbonyl (C=O) groups is 2. The third-order valence-corrected chi connectivity index (χ3v) is 3.22. The summed E-state index contributed by atoms with van der Waals surface area (Å²) in [6.07, 6.45) is 3.15. The Hall–Kier alpha value is -1.78. The summed E-state index contributed by atoms with van der Waals surface area (Å²) in [5, 5.41) is 0. The van der Waals surface area contributed by atoms with Crippen LogP contribution in [-0.4, -0.2) is 35.0 Å². The maximum absolute atomic E-state index is 12.1. The molecule has 2 heterocycles. The summed E-state index contributed by atoms with van der Waals surface area (Å²) in [5.74, 6) is 0.275. The van der Waals surface area contributed by atoms with Crippen molar-refractivity contribution < 1.29 is 18.7 Å². The molecule has 0 bridgehead atoms. The van der Waals surface area contributed by atoms with Gasteiger partial charge in [0.25, 0.3) is 0 Å². The van der Waals surface area contributed by atoms with E-state index in [-0.39, 0.29) is 24.3 Å². The number of hydrogen-bond donors (Lipinski definition) is 0. The number of rotatable bonds is 3. The van der Waals surface area contributed by atoms with Crippen molar-refractivity contribution in [3.05, 3.63) is 24.2 Å². The Morgan fingerprint density at radius 1 is 1.45 bits per heavy atom. The molecule has 0 N–H and O–H groups in total. The molecule has 0 radical (unpaired) electrons. The van der Waals surface area contributed by atoms with Gasteiger partial charge in [0, 0.05) is 19.0 Å². The molecule has 1 aliphatic rings. The molecule has 1 amide bonds. The van der Waals surface area contributed by atoms with E-state index in [4.69, 9.17) is 9.15 Å². The predicted molar refractivity (Wildman–Crippen MR) is 73.6 cm³/mol. The fraction of sp³-hybridized carbons (Fsp3) is 0.600. The van der Waals surface area contributed by atoms with E-state index in [0.717, 1.165) is 12.8 Å². The van der Waals surface area contributed by atoms with Crippen LogP contribution in [0.4, 0.5) is 4.79 Å². The van der Waals surface area contributed by atoms with E-state index in [9.17, 15) is 9.59 Å². The van der Waals surface area contributed by atoms with Gasteiger partial charge in [-0.1, -0.05) is 0 Å². The van der Waals surface area contributed by atoms with Gasteiger partial charge in [-0.2, -0.15) is 0 Å². The van der Waals surface area contributed by atoms with Crippen LogP contribution < -0.4 is 0 Å². The largest absolute Gasteiger partial charge is 0.461 e. The highest BCUT2D eigenvalue weighted by Gasteiger charge is 2.33. The van der Waals surface area contributed by atoms with Crippen LogP contribution in [0.1, 0.15) is 50.6 Å². The van der Waals surface area contributed by atoms with E-state index < -0.39 is 5.60 Å². The van der Waals surface area contributed by atoms with Gasteiger partial charge in [0.05, 0.1) is 6.26 Å². The molecule has 20 heavy (non-hydrogen) atoms. The highest BCUT2D eigenvalue weighted by atomic mass is 16.6. The molecule has 0 saturated carbocycles. The molecule has 1 aromatic heterocycles. The topological polar surface area (TPSA) is 59.8 Å². The molecule has 5 heteroatoms. The summed E-state index contributed by atoms with van der Waals surface area (Å²) >= 11 is 0. The lowest BCUT2D eigenvalue weighted by Gasteiger charge is -2.28. The molecular formula is C15H21NO4. The van der Waals surface area contributed by atoms with Crippen molar-refractivity contribution in [1.82, 2.24) is 4.90 Å². The van der Waals surface area contributed by atoms with Gasteiger partial charge in [-0.15, -0.1) is 0 Å². The number of carbonyl (C=O) groups excluding carboxylic acids is 2. The summed E-state index contributed by atoms with van der Waals surface area (Å²) in [6.45, 7) is 6.16. The first-order valence-electron chi connectivity index (χ1n) is 6.93. The zero-order valence-corrected chi connectivity index (χ0v) is 12.2. The molecule has 1 atom stereocenters. The zero-order chi connectivity index (χ0) is 14.8. The van der Waals surface area contributed by atoms with Crippen LogP contribution in [0.3, 0.4) is 0 Å². The quantitative estimate of drug-likeness (QED) is 0.797. The van der Waals surface area contributed by atoms with Crippen molar-refractivity contribution in [3.8, 4) is 0 Å². The van der Waals surface area contributed by atoms with Gasteiger partial charge in [-0.3, -0.25) is 4.79 Å². The highest BCUT2D eigenvalue weighted by Crippen LogP contribution is 2.24. The Bertz CT molecular complexity index is 473. The third-order valence-electron chi connectivity index (χ3n) is 3.22. The smallest absolute Gasteiger partial charge is 0.410 e. The summed E-state index contributed by atoms with van der Waals surface area (Å²) < 4.78 is 10.5. The van der Waals surface area contributed by atoms with E-state index in [1.165, 1.54) is 6.26 Å². The third kappa shape index (κ3) is 3.62. The Balaban J connectivity index is 1.97. The molecule has 0 spiro atoms. The molecule has 2 rings (SSSR count). The van der Waals surface area contributed by atoms with E-state index >= 15 is 0 Å². The molecule has 1 aliphatic heterocycles. The number of amides is 1. The van der Waals surface area contributed by atoms with Gasteiger partial charge in [-0.25, -0.2) is 4.79 Å². The molecule has 0 aromatic carbocycles. The number of likely N-dealkylation sites (tertiary alicyclic amines) is 1. The van der Waals surface area contributed by atoms with Crippen LogP contribution in [0.15, 0.2) is 22.8 Å². The van der Waals surface area contributed by atoms with Crippen LogP contribution in [0.5, 0.6) is 0 Å². The van der Waals surface area contributed by atoms with Gasteiger partial charge < -0.3 is 14.1 Å². The Morgan fingerprint density at radius 2 is 2.20 bits per heavy atom. The standard InChI is InChI=1S/C15H21NO4/c1-15(2,3)20-14(18)16-8-4-6-11(16)10-12(17)13-7-5-9-19-13/h5,7,9,11H,4,6,8,10H2,1-3H3. The monoisotopic (exact) mass is 279 g/mol. The van der Waals surface area contributed by atoms with Crippen molar-refractivity contribution >= 4 is 11.9 Å². The fourth-order valence-corrected chi connectivity index (χ4v) is 2.36. The van der Waals surface area contributed by atoms with Crippen LogP contribution in [0, 0.1) is 0 Å². The normalized spacial score (nSPS) is 19.1. The first-order valence-corrected chi connectivity index (χ1v) is 6.93. The van der Waals surface area contributed by atoms with Gasteiger partial charge in [0.2, 0.25) is 0 Å². The molecule has 0 aliphatic carbocycles. The minimum atomic E-state index is -0.519. The number of hydrogen-bond acceptors (Lipinski definition) is 4. The first kappa shape index (κ1) is 14.6. The van der Waals surface area contributed by atoms with Gasteiger partial charge in [0.15, 0.2) is 11.5 Å². The SMILES string of the molecule is CC(C)(C)OC(=O)N1CCCC1CC(=O)c1ccco1. The van der Waals surface area contributed by atoms with Crippen molar-refractivity contribution in [1.29, 1.82) is 0 Å². The van der Waals surface area contributed by atoms with E-state index in [0.29, 0.717) is 12.3 Å². The first-order chi connectivity index (χ1) is 9.37. The Labute approximate surface area is 118 Å². The summed E-state index contributed by atoms with van der Waals surface area (Å²) in [7, 11) is 0. The van der Waals surface area contributed by atoms with Crippen molar-refractivity contribution in [2.45, 2.75) is 51.7 Å². The van der Waals surface area contributed by atoms with Gasteiger partial charge in [0.1, 0.15) is 5.60 Å². The summed E-state index contributed by atoms with van der Waals surface area (Å²) in [5.41, 5.74) is -0.519. The Morgan fingerprint density at radius 3 is 2.80 bits per heavy atom. The van der Waals surface area contributed by atoms with Crippen molar-refractivity contribution in [2.24, 2.45) is 0 Å². The molecule has 110 valence electrons. The van der Waals surface area contributed by atoms with Crippen LogP contribution >= 0.6 is 0 Å². The summed E-state index contributed by atoms with van der Waals surface area (Å²) in [6, 6.07) is 3.24. The lowest BCUT2D eigenvalue weighted by atomic mass is 10.1. The van der Waals surface area contributed by atoms with Gasteiger partial charge in [-0.05, 0) is 45.7 Å². The average molecular weight is 279 g/mol. The second-order valence-corrected chi connectivity index (χ2v) is 6.07. The maximum Gasteiger partial charge on any atom is 0.410 e. The number of nitrogens with zero attached hydrogens (tertiary/aromatic N) is 1. The maximum atomic E-state index is 12.1. The molecule has 1 fully saturated rings. The van der Waals surface area contributed by atoms with Crippen molar-refractivity contribution in [3.63, 3.8) is 0 Å². The lowest BCUT2D eigenvalue weighted by molar-refractivity contribution is 0.0222. The molecule has 1 unspecified atom stereocenters. The predicted octanol–water partition coefficient (Wildman–Crippen LogP) is 3.25. The number of ketones is 1. The lowest BCUT2D eigenvalue weighted by Crippen LogP contribution is -2.40. The van der Waals surface area contributed by atoms with Gasteiger partial charge >= 0.3 is 6.09 Å². The molecule has 1 aromatic rings. The fourth-order valence-electron chi connectivity index (χ4n) is 2.36. The Kier molecular flexibility index (Phi) is 4.16. The van der Waals surface area contributed by atoms with Crippen LogP contribution in [0.2, 0.25) is 0 Å². The second-order valence-electron chi connectivity index (χ2n) is 6.07. The zero-order valence-electron chi connectivity index (χ0n) is 12.2. The summed E-state index contributed by atoms with van der Waals surface area (Å²) in [4.78, 5) is 25.8.